The van der Waals surface area contributed by atoms with Crippen molar-refractivity contribution in [1.82, 2.24) is 15.2 Å². The van der Waals surface area contributed by atoms with Crippen LogP contribution in [-0.2, 0) is 4.79 Å². The maximum absolute atomic E-state index is 10.9. The Morgan fingerprint density at radius 2 is 1.71 bits per heavy atom. The number of pyridine rings is 1. The number of aromatic nitrogens is 3. The van der Waals surface area contributed by atoms with E-state index in [1.165, 1.54) is 6.42 Å². The van der Waals surface area contributed by atoms with Crippen LogP contribution in [0.25, 0.3) is 28.3 Å². The molecule has 0 bridgehead atoms. The average molecular weight is 482 g/mol. The maximum atomic E-state index is 10.9. The van der Waals surface area contributed by atoms with Crippen LogP contribution in [0.5, 0.6) is 0 Å². The van der Waals surface area contributed by atoms with Crippen molar-refractivity contribution in [2.45, 2.75) is 19.3 Å². The van der Waals surface area contributed by atoms with Gasteiger partial charge in [-0.25, -0.2) is 4.79 Å². The summed E-state index contributed by atoms with van der Waals surface area (Å²) < 4.78 is 0. The largest absolute Gasteiger partial charge is 0.478 e. The third-order valence-corrected chi connectivity index (χ3v) is 6.72. The highest BCUT2D eigenvalue weighted by atomic mass is 35.5. The van der Waals surface area contributed by atoms with E-state index in [1.807, 2.05) is 48.8 Å². The van der Waals surface area contributed by atoms with Gasteiger partial charge in [0.2, 0.25) is 0 Å². The molecule has 35 heavy (non-hydrogen) atoms. The Bertz CT molecular complexity index is 1380. The van der Waals surface area contributed by atoms with E-state index in [-0.39, 0.29) is 0 Å². The quantitative estimate of drug-likeness (QED) is 0.279. The lowest BCUT2D eigenvalue weighted by Gasteiger charge is -2.31. The van der Waals surface area contributed by atoms with E-state index in [1.54, 1.807) is 12.3 Å². The zero-order valence-electron chi connectivity index (χ0n) is 19.0. The zero-order chi connectivity index (χ0) is 24.2. The lowest BCUT2D eigenvalue weighted by molar-refractivity contribution is -0.131. The first-order valence-electron chi connectivity index (χ1n) is 11.6. The number of hydrogen-bond acceptors (Lipinski definition) is 3. The fraction of sp³-hybridized carbons (Fsp3) is 0.138. The molecule has 2 aromatic heterocycles. The number of carboxylic acid groups (broad SMARTS) is 1. The van der Waals surface area contributed by atoms with Crippen LogP contribution in [-0.4, -0.2) is 26.3 Å². The molecule has 1 aliphatic rings. The number of nitrogens with one attached hydrogen (secondary N) is 1. The van der Waals surface area contributed by atoms with Crippen LogP contribution >= 0.6 is 11.6 Å². The van der Waals surface area contributed by atoms with Gasteiger partial charge in [-0.15, -0.1) is 0 Å². The average Bonchev–Trinajstić information content (AvgIpc) is 3.38. The van der Waals surface area contributed by atoms with Crippen molar-refractivity contribution in [2.24, 2.45) is 5.92 Å². The highest BCUT2D eigenvalue weighted by Crippen LogP contribution is 2.46. The Morgan fingerprint density at radius 1 is 1.00 bits per heavy atom. The molecule has 0 atom stereocenters. The molecule has 0 saturated heterocycles. The number of aliphatic carboxylic acids is 1. The van der Waals surface area contributed by atoms with Crippen LogP contribution in [0.1, 0.15) is 41.6 Å². The predicted octanol–water partition coefficient (Wildman–Crippen LogP) is 6.98. The zero-order valence-corrected chi connectivity index (χ0v) is 19.7. The number of H-pyrrole nitrogens is 1. The van der Waals surface area contributed by atoms with Crippen LogP contribution in [0.4, 0.5) is 0 Å². The molecule has 1 saturated carbocycles. The SMILES string of the molecule is O=C(O)/C=C/c1ccc(/C(=C(\c2ncccc2Cl)C2CCC2)c2ccc(-c3cn[nH]c3)cc2)cc1. The monoisotopic (exact) mass is 481 g/mol. The van der Waals surface area contributed by atoms with Gasteiger partial charge in [0.1, 0.15) is 0 Å². The molecule has 0 amide bonds. The summed E-state index contributed by atoms with van der Waals surface area (Å²) in [5.41, 5.74) is 8.14. The van der Waals surface area contributed by atoms with Crippen molar-refractivity contribution in [3.8, 4) is 11.1 Å². The third kappa shape index (κ3) is 4.96. The van der Waals surface area contributed by atoms with Gasteiger partial charge in [-0.2, -0.15) is 5.10 Å². The molecule has 2 heterocycles. The van der Waals surface area contributed by atoms with Crippen molar-refractivity contribution in [3.63, 3.8) is 0 Å². The Labute approximate surface area is 208 Å². The van der Waals surface area contributed by atoms with E-state index in [0.29, 0.717) is 10.9 Å². The second-order valence-electron chi connectivity index (χ2n) is 8.61. The normalized spacial score (nSPS) is 14.5. The first-order valence-corrected chi connectivity index (χ1v) is 11.9. The Hall–Kier alpha value is -3.96. The summed E-state index contributed by atoms with van der Waals surface area (Å²) in [6.45, 7) is 0. The van der Waals surface area contributed by atoms with Gasteiger partial charge in [0, 0.05) is 24.0 Å². The second kappa shape index (κ2) is 10.1. The van der Waals surface area contributed by atoms with Gasteiger partial charge < -0.3 is 5.11 Å². The lowest BCUT2D eigenvalue weighted by atomic mass is 9.74. The smallest absolute Gasteiger partial charge is 0.328 e. The second-order valence-corrected chi connectivity index (χ2v) is 9.02. The minimum Gasteiger partial charge on any atom is -0.478 e. The number of allylic oxidation sites excluding steroid dienone is 1. The standard InChI is InChI=1S/C29H24ClN3O2/c30-25-5-2-16-31-29(25)28(21-3-1-4-21)27(22-9-6-19(7-10-22)8-15-26(34)35)23-13-11-20(12-14-23)24-17-32-33-18-24/h2,5-18,21H,1,3-4H2,(H,32,33)(H,34,35)/b15-8+,28-27+. The van der Waals surface area contributed by atoms with E-state index < -0.39 is 5.97 Å². The van der Waals surface area contributed by atoms with Crippen LogP contribution in [0.2, 0.25) is 5.02 Å². The van der Waals surface area contributed by atoms with Crippen molar-refractivity contribution in [1.29, 1.82) is 0 Å². The molecule has 0 spiro atoms. The number of halogens is 1. The van der Waals surface area contributed by atoms with Gasteiger partial charge >= 0.3 is 5.97 Å². The van der Waals surface area contributed by atoms with Gasteiger partial charge in [0.25, 0.3) is 0 Å². The molecule has 1 aliphatic carbocycles. The number of nitrogens with zero attached hydrogens (tertiary/aromatic N) is 2. The van der Waals surface area contributed by atoms with Crippen molar-refractivity contribution in [3.05, 3.63) is 113 Å². The molecule has 0 unspecified atom stereocenters. The van der Waals surface area contributed by atoms with E-state index in [2.05, 4.69) is 34.5 Å². The maximum Gasteiger partial charge on any atom is 0.328 e. The molecular formula is C29H24ClN3O2. The van der Waals surface area contributed by atoms with E-state index in [9.17, 15) is 4.79 Å². The Balaban J connectivity index is 1.68. The minimum absolute atomic E-state index is 0.373. The Morgan fingerprint density at radius 3 is 2.29 bits per heavy atom. The fourth-order valence-corrected chi connectivity index (χ4v) is 4.66. The molecule has 0 aliphatic heterocycles. The Kier molecular flexibility index (Phi) is 6.59. The first-order chi connectivity index (χ1) is 17.1. The number of rotatable bonds is 7. The molecule has 2 N–H and O–H groups in total. The van der Waals surface area contributed by atoms with E-state index in [4.69, 9.17) is 21.7 Å². The summed E-state index contributed by atoms with van der Waals surface area (Å²) in [6, 6.07) is 20.2. The molecule has 174 valence electrons. The lowest BCUT2D eigenvalue weighted by Crippen LogP contribution is -2.16. The van der Waals surface area contributed by atoms with Crippen LogP contribution in [0.15, 0.2) is 85.3 Å². The van der Waals surface area contributed by atoms with Gasteiger partial charge in [-0.05, 0) is 70.4 Å². The van der Waals surface area contributed by atoms with Gasteiger partial charge in [0.05, 0.1) is 16.9 Å². The highest BCUT2D eigenvalue weighted by molar-refractivity contribution is 6.32. The molecule has 0 radical (unpaired) electrons. The van der Waals surface area contributed by atoms with E-state index >= 15 is 0 Å². The minimum atomic E-state index is -0.968. The topological polar surface area (TPSA) is 78.9 Å². The molecule has 5 rings (SSSR count). The van der Waals surface area contributed by atoms with Gasteiger partial charge in [-0.1, -0.05) is 66.6 Å². The number of hydrogen-bond donors (Lipinski definition) is 2. The molecular weight excluding hydrogens is 458 g/mol. The van der Waals surface area contributed by atoms with Crippen molar-refractivity contribution < 1.29 is 9.90 Å². The molecule has 2 aromatic carbocycles. The molecule has 4 aromatic rings. The number of aromatic amines is 1. The highest BCUT2D eigenvalue weighted by Gasteiger charge is 2.29. The summed E-state index contributed by atoms with van der Waals surface area (Å²) in [4.78, 5) is 15.6. The summed E-state index contributed by atoms with van der Waals surface area (Å²) in [6.07, 6.45) is 11.6. The molecule has 5 nitrogen and oxygen atoms in total. The van der Waals surface area contributed by atoms with Gasteiger partial charge in [0.15, 0.2) is 0 Å². The van der Waals surface area contributed by atoms with Crippen LogP contribution in [0.3, 0.4) is 0 Å². The summed E-state index contributed by atoms with van der Waals surface area (Å²) in [7, 11) is 0. The fourth-order valence-electron chi connectivity index (χ4n) is 4.44. The molecule has 1 fully saturated rings. The predicted molar refractivity (Wildman–Crippen MR) is 140 cm³/mol. The summed E-state index contributed by atoms with van der Waals surface area (Å²) in [5, 5.41) is 16.5. The van der Waals surface area contributed by atoms with Crippen molar-refractivity contribution >= 4 is 34.8 Å². The van der Waals surface area contributed by atoms with Crippen LogP contribution < -0.4 is 0 Å². The van der Waals surface area contributed by atoms with Crippen LogP contribution in [0, 0.1) is 5.92 Å². The first kappa shape index (κ1) is 22.8. The summed E-state index contributed by atoms with van der Waals surface area (Å²) in [5.74, 6) is -0.595. The summed E-state index contributed by atoms with van der Waals surface area (Å²) >= 11 is 6.68. The molecule has 6 heteroatoms. The van der Waals surface area contributed by atoms with Crippen molar-refractivity contribution in [2.75, 3.05) is 0 Å². The number of carbonyl (C=O) groups is 1. The number of benzene rings is 2. The third-order valence-electron chi connectivity index (χ3n) is 6.42. The van der Waals surface area contributed by atoms with Gasteiger partial charge in [-0.3, -0.25) is 10.1 Å². The van der Waals surface area contributed by atoms with E-state index in [0.717, 1.165) is 63.6 Å². The number of carboxylic acids is 1.